The van der Waals surface area contributed by atoms with Gasteiger partial charge in [-0.15, -0.1) is 0 Å². The lowest BCUT2D eigenvalue weighted by Crippen LogP contribution is -2.24. The number of halogens is 2. The van der Waals surface area contributed by atoms with E-state index in [1.807, 2.05) is 37.3 Å². The van der Waals surface area contributed by atoms with Crippen molar-refractivity contribution in [2.24, 2.45) is 0 Å². The highest BCUT2D eigenvalue weighted by molar-refractivity contribution is 9.10. The zero-order valence-electron chi connectivity index (χ0n) is 14.9. The van der Waals surface area contributed by atoms with E-state index in [2.05, 4.69) is 41.2 Å². The van der Waals surface area contributed by atoms with Crippen molar-refractivity contribution in [3.8, 4) is 11.5 Å². The van der Waals surface area contributed by atoms with Gasteiger partial charge in [0.2, 0.25) is 0 Å². The van der Waals surface area contributed by atoms with Crippen LogP contribution >= 0.6 is 27.5 Å². The summed E-state index contributed by atoms with van der Waals surface area (Å²) in [6, 6.07) is 12.3. The molecular weight excluding hydrogens is 402 g/mol. The molecule has 0 saturated carbocycles. The van der Waals surface area contributed by atoms with Crippen molar-refractivity contribution in [2.45, 2.75) is 46.4 Å². The summed E-state index contributed by atoms with van der Waals surface area (Å²) >= 11 is 9.83. The molecule has 1 atom stereocenters. The van der Waals surface area contributed by atoms with E-state index in [0.717, 1.165) is 34.3 Å². The number of hydrogen-bond acceptors (Lipinski definition) is 3. The molecule has 0 fully saturated rings. The van der Waals surface area contributed by atoms with Crippen LogP contribution < -0.4 is 14.8 Å². The first-order valence-electron chi connectivity index (χ1n) is 8.59. The first kappa shape index (κ1) is 20.1. The molecule has 0 saturated heterocycles. The monoisotopic (exact) mass is 425 g/mol. The molecule has 0 spiro atoms. The molecule has 5 heteroatoms. The van der Waals surface area contributed by atoms with E-state index < -0.39 is 0 Å². The van der Waals surface area contributed by atoms with Crippen molar-refractivity contribution in [1.29, 1.82) is 0 Å². The second-order valence-corrected chi connectivity index (χ2v) is 7.17. The van der Waals surface area contributed by atoms with Gasteiger partial charge in [-0.2, -0.15) is 0 Å². The largest absolute Gasteiger partial charge is 0.490 e. The standard InChI is InChI=1S/C20H25BrClNO2/c1-4-14(3)23-12-15-10-17(21)20(19(11-15)24-5-2)25-13-16-8-6-7-9-18(16)22/h6-11,14,23H,4-5,12-13H2,1-3H3/t14-/m0/s1. The number of nitrogens with one attached hydrogen (secondary N) is 1. The highest BCUT2D eigenvalue weighted by atomic mass is 79.9. The highest BCUT2D eigenvalue weighted by Gasteiger charge is 2.13. The molecule has 0 aliphatic rings. The van der Waals surface area contributed by atoms with Crippen molar-refractivity contribution >= 4 is 27.5 Å². The summed E-state index contributed by atoms with van der Waals surface area (Å²) in [7, 11) is 0. The summed E-state index contributed by atoms with van der Waals surface area (Å²) in [6.07, 6.45) is 1.10. The summed E-state index contributed by atoms with van der Waals surface area (Å²) in [6.45, 7) is 8.08. The molecule has 0 amide bonds. The Balaban J connectivity index is 2.17. The predicted molar refractivity (Wildman–Crippen MR) is 108 cm³/mol. The molecule has 0 bridgehead atoms. The van der Waals surface area contributed by atoms with Crippen LogP contribution in [0.4, 0.5) is 0 Å². The third kappa shape index (κ3) is 5.91. The Kier molecular flexibility index (Phi) is 8.07. The fourth-order valence-corrected chi connectivity index (χ4v) is 3.12. The minimum Gasteiger partial charge on any atom is -0.490 e. The zero-order chi connectivity index (χ0) is 18.2. The fraction of sp³-hybridized carbons (Fsp3) is 0.400. The molecular formula is C20H25BrClNO2. The first-order valence-corrected chi connectivity index (χ1v) is 9.77. The van der Waals surface area contributed by atoms with E-state index in [1.165, 1.54) is 0 Å². The Bertz CT molecular complexity index is 693. The summed E-state index contributed by atoms with van der Waals surface area (Å²) in [4.78, 5) is 0. The van der Waals surface area contributed by atoms with Gasteiger partial charge < -0.3 is 14.8 Å². The fourth-order valence-electron chi connectivity index (χ4n) is 2.33. The predicted octanol–water partition coefficient (Wildman–Crippen LogP) is 5.97. The SMILES string of the molecule is CCOc1cc(CN[C@@H](C)CC)cc(Br)c1OCc1ccccc1Cl. The van der Waals surface area contributed by atoms with Crippen molar-refractivity contribution in [3.63, 3.8) is 0 Å². The molecule has 3 nitrogen and oxygen atoms in total. The van der Waals surface area contributed by atoms with Gasteiger partial charge >= 0.3 is 0 Å². The van der Waals surface area contributed by atoms with Gasteiger partial charge in [-0.3, -0.25) is 0 Å². The molecule has 0 aromatic heterocycles. The Hall–Kier alpha value is -1.23. The normalized spacial score (nSPS) is 12.0. The van der Waals surface area contributed by atoms with Gasteiger partial charge in [-0.1, -0.05) is 36.7 Å². The van der Waals surface area contributed by atoms with Crippen molar-refractivity contribution in [3.05, 3.63) is 57.0 Å². The average molecular weight is 427 g/mol. The van der Waals surface area contributed by atoms with Crippen LogP contribution in [0.3, 0.4) is 0 Å². The average Bonchev–Trinajstić information content (AvgIpc) is 2.60. The number of ether oxygens (including phenoxy) is 2. The van der Waals surface area contributed by atoms with Gasteiger partial charge in [-0.05, 0) is 60.0 Å². The van der Waals surface area contributed by atoms with Crippen molar-refractivity contribution in [1.82, 2.24) is 5.32 Å². The Morgan fingerprint density at radius 3 is 2.60 bits per heavy atom. The zero-order valence-corrected chi connectivity index (χ0v) is 17.3. The molecule has 0 unspecified atom stereocenters. The van der Waals surface area contributed by atoms with Crippen LogP contribution in [0.2, 0.25) is 5.02 Å². The van der Waals surface area contributed by atoms with E-state index in [1.54, 1.807) is 0 Å². The van der Waals surface area contributed by atoms with Crippen molar-refractivity contribution in [2.75, 3.05) is 6.61 Å². The minimum absolute atomic E-state index is 0.392. The molecule has 0 radical (unpaired) electrons. The van der Waals surface area contributed by atoms with E-state index >= 15 is 0 Å². The maximum Gasteiger partial charge on any atom is 0.175 e. The highest BCUT2D eigenvalue weighted by Crippen LogP contribution is 2.37. The van der Waals surface area contributed by atoms with Crippen LogP contribution in [-0.4, -0.2) is 12.6 Å². The maximum absolute atomic E-state index is 6.21. The molecule has 25 heavy (non-hydrogen) atoms. The summed E-state index contributed by atoms with van der Waals surface area (Å²) < 4.78 is 12.7. The maximum atomic E-state index is 6.21. The van der Waals surface area contributed by atoms with Gasteiger partial charge in [0.05, 0.1) is 11.1 Å². The molecule has 2 rings (SSSR count). The van der Waals surface area contributed by atoms with Crippen LogP contribution in [0.1, 0.15) is 38.3 Å². The number of rotatable bonds is 9. The van der Waals surface area contributed by atoms with Crippen LogP contribution in [0.5, 0.6) is 11.5 Å². The van der Waals surface area contributed by atoms with Gasteiger partial charge in [-0.25, -0.2) is 0 Å². The van der Waals surface area contributed by atoms with Gasteiger partial charge in [0.25, 0.3) is 0 Å². The van der Waals surface area contributed by atoms with Gasteiger partial charge in [0.15, 0.2) is 11.5 Å². The van der Waals surface area contributed by atoms with Crippen molar-refractivity contribution < 1.29 is 9.47 Å². The summed E-state index contributed by atoms with van der Waals surface area (Å²) in [5.41, 5.74) is 2.10. The Morgan fingerprint density at radius 2 is 1.92 bits per heavy atom. The molecule has 1 N–H and O–H groups in total. The minimum atomic E-state index is 0.392. The van der Waals surface area contributed by atoms with Crippen LogP contribution in [0, 0.1) is 0 Å². The Morgan fingerprint density at radius 1 is 1.16 bits per heavy atom. The lowest BCUT2D eigenvalue weighted by Gasteiger charge is -2.17. The quantitative estimate of drug-likeness (QED) is 0.536. The van der Waals surface area contributed by atoms with Crippen LogP contribution in [0.15, 0.2) is 40.9 Å². The third-order valence-electron chi connectivity index (χ3n) is 3.97. The number of hydrogen-bond donors (Lipinski definition) is 1. The van der Waals surface area contributed by atoms with Crippen LogP contribution in [-0.2, 0) is 13.2 Å². The van der Waals surface area contributed by atoms with E-state index in [9.17, 15) is 0 Å². The van der Waals surface area contributed by atoms with E-state index in [0.29, 0.717) is 30.0 Å². The smallest absolute Gasteiger partial charge is 0.175 e. The first-order chi connectivity index (χ1) is 12.0. The Labute approximate surface area is 163 Å². The third-order valence-corrected chi connectivity index (χ3v) is 4.92. The topological polar surface area (TPSA) is 30.5 Å². The molecule has 0 aliphatic carbocycles. The summed E-state index contributed by atoms with van der Waals surface area (Å²) in [5, 5.41) is 4.20. The van der Waals surface area contributed by atoms with E-state index in [4.69, 9.17) is 21.1 Å². The van der Waals surface area contributed by atoms with Crippen LogP contribution in [0.25, 0.3) is 0 Å². The van der Waals surface area contributed by atoms with Gasteiger partial charge in [0.1, 0.15) is 6.61 Å². The van der Waals surface area contributed by atoms with Gasteiger partial charge in [0, 0.05) is 23.2 Å². The van der Waals surface area contributed by atoms with E-state index in [-0.39, 0.29) is 0 Å². The second-order valence-electron chi connectivity index (χ2n) is 5.91. The molecule has 0 heterocycles. The molecule has 2 aromatic rings. The molecule has 2 aromatic carbocycles. The summed E-state index contributed by atoms with van der Waals surface area (Å²) in [5.74, 6) is 1.44. The molecule has 0 aliphatic heterocycles. The second kappa shape index (κ2) is 10.0. The molecule has 136 valence electrons. The lowest BCUT2D eigenvalue weighted by atomic mass is 10.1. The number of benzene rings is 2. The lowest BCUT2D eigenvalue weighted by molar-refractivity contribution is 0.267.